The molecule has 4 heteroatoms. The Morgan fingerprint density at radius 1 is 1.73 bits per heavy atom. The lowest BCUT2D eigenvalue weighted by Crippen LogP contribution is -2.28. The van der Waals surface area contributed by atoms with Gasteiger partial charge in [-0.25, -0.2) is 0 Å². The summed E-state index contributed by atoms with van der Waals surface area (Å²) in [4.78, 5) is 0. The molecule has 3 N–H and O–H groups in total. The Labute approximate surface area is 91.1 Å². The number of aryl methyl sites for hydroxylation is 2. The zero-order valence-corrected chi connectivity index (χ0v) is 9.75. The highest BCUT2D eigenvalue weighted by Crippen LogP contribution is 2.22. The van der Waals surface area contributed by atoms with Crippen molar-refractivity contribution in [2.45, 2.75) is 32.7 Å². The van der Waals surface area contributed by atoms with E-state index >= 15 is 0 Å². The highest BCUT2D eigenvalue weighted by molar-refractivity contribution is 5.21. The van der Waals surface area contributed by atoms with Gasteiger partial charge in [0.05, 0.1) is 11.7 Å². The maximum atomic E-state index is 5.56. The van der Waals surface area contributed by atoms with E-state index in [9.17, 15) is 0 Å². The van der Waals surface area contributed by atoms with Gasteiger partial charge in [0.15, 0.2) is 0 Å². The number of nitrogens with zero attached hydrogens (tertiary/aromatic N) is 2. The van der Waals surface area contributed by atoms with Gasteiger partial charge in [-0.05, 0) is 19.8 Å². The molecule has 1 unspecified atom stereocenters. The van der Waals surface area contributed by atoms with Crippen molar-refractivity contribution in [2.75, 3.05) is 0 Å². The summed E-state index contributed by atoms with van der Waals surface area (Å²) in [6.45, 7) is 8.10. The Hall–Kier alpha value is -1.13. The first-order valence-corrected chi connectivity index (χ1v) is 5.21. The molecule has 0 aliphatic heterocycles. The largest absolute Gasteiger partial charge is 0.275 e. The van der Waals surface area contributed by atoms with E-state index < -0.39 is 0 Å². The maximum absolute atomic E-state index is 5.56. The molecule has 0 saturated heterocycles. The number of nitrogens with two attached hydrogens (primary N) is 1. The maximum Gasteiger partial charge on any atom is 0.0642 e. The van der Waals surface area contributed by atoms with Crippen molar-refractivity contribution in [3.63, 3.8) is 0 Å². The number of aromatic nitrogens is 2. The summed E-state index contributed by atoms with van der Waals surface area (Å²) in [5.41, 5.74) is 6.18. The first kappa shape index (κ1) is 11.9. The van der Waals surface area contributed by atoms with Crippen molar-refractivity contribution in [2.24, 2.45) is 12.9 Å². The van der Waals surface area contributed by atoms with Crippen LogP contribution in [0.4, 0.5) is 0 Å². The number of hydrazine groups is 1. The van der Waals surface area contributed by atoms with E-state index in [2.05, 4.69) is 24.0 Å². The van der Waals surface area contributed by atoms with E-state index in [1.54, 1.807) is 0 Å². The van der Waals surface area contributed by atoms with Gasteiger partial charge in [-0.1, -0.05) is 19.1 Å². The molecule has 0 saturated carbocycles. The molecule has 1 rings (SSSR count). The molecule has 0 amide bonds. The van der Waals surface area contributed by atoms with Crippen LogP contribution in [0.3, 0.4) is 0 Å². The number of hydrogen-bond acceptors (Lipinski definition) is 3. The van der Waals surface area contributed by atoms with Crippen LogP contribution in [0.1, 0.15) is 37.1 Å². The predicted molar refractivity (Wildman–Crippen MR) is 62.1 cm³/mol. The molecule has 15 heavy (non-hydrogen) atoms. The fourth-order valence-electron chi connectivity index (χ4n) is 1.65. The van der Waals surface area contributed by atoms with Gasteiger partial charge in [0.25, 0.3) is 0 Å². The van der Waals surface area contributed by atoms with Crippen LogP contribution >= 0.6 is 0 Å². The van der Waals surface area contributed by atoms with Crippen molar-refractivity contribution in [1.29, 1.82) is 0 Å². The minimum Gasteiger partial charge on any atom is -0.275 e. The summed E-state index contributed by atoms with van der Waals surface area (Å²) in [5, 5.41) is 4.30. The third kappa shape index (κ3) is 2.91. The molecule has 4 nitrogen and oxygen atoms in total. The third-order valence-corrected chi connectivity index (χ3v) is 2.62. The van der Waals surface area contributed by atoms with Gasteiger partial charge in [0.1, 0.15) is 0 Å². The molecular weight excluding hydrogens is 188 g/mol. The lowest BCUT2D eigenvalue weighted by Gasteiger charge is -2.15. The van der Waals surface area contributed by atoms with Crippen molar-refractivity contribution in [1.82, 2.24) is 15.2 Å². The highest BCUT2D eigenvalue weighted by atomic mass is 15.3. The molecule has 1 heterocycles. The van der Waals surface area contributed by atoms with Gasteiger partial charge >= 0.3 is 0 Å². The molecule has 0 radical (unpaired) electrons. The molecule has 0 aliphatic rings. The number of rotatable bonds is 5. The van der Waals surface area contributed by atoms with Gasteiger partial charge < -0.3 is 0 Å². The van der Waals surface area contributed by atoms with Crippen LogP contribution in [0.25, 0.3) is 0 Å². The zero-order valence-electron chi connectivity index (χ0n) is 9.75. The summed E-state index contributed by atoms with van der Waals surface area (Å²) in [6.07, 6.45) is 3.85. The average molecular weight is 208 g/mol. The van der Waals surface area contributed by atoms with E-state index in [0.29, 0.717) is 0 Å². The smallest absolute Gasteiger partial charge is 0.0642 e. The fraction of sp³-hybridized carbons (Fsp3) is 0.545. The Balaban J connectivity index is 2.82. The van der Waals surface area contributed by atoms with Gasteiger partial charge in [0, 0.05) is 18.8 Å². The minimum atomic E-state index is 0.117. The van der Waals surface area contributed by atoms with Crippen molar-refractivity contribution >= 4 is 0 Å². The second kappa shape index (κ2) is 5.09. The fourth-order valence-corrected chi connectivity index (χ4v) is 1.65. The summed E-state index contributed by atoms with van der Waals surface area (Å²) in [5.74, 6) is 5.56. The van der Waals surface area contributed by atoms with E-state index in [0.717, 1.165) is 24.1 Å². The summed E-state index contributed by atoms with van der Waals surface area (Å²) in [6, 6.07) is 0.117. The van der Waals surface area contributed by atoms with Crippen LogP contribution in [0.5, 0.6) is 0 Å². The van der Waals surface area contributed by atoms with E-state index in [1.165, 1.54) is 5.57 Å². The Morgan fingerprint density at radius 3 is 2.80 bits per heavy atom. The van der Waals surface area contributed by atoms with Crippen LogP contribution in [-0.4, -0.2) is 9.78 Å². The molecule has 1 aromatic rings. The van der Waals surface area contributed by atoms with Gasteiger partial charge in [-0.3, -0.25) is 16.0 Å². The van der Waals surface area contributed by atoms with Crippen LogP contribution in [-0.2, 0) is 7.05 Å². The molecule has 0 bridgehead atoms. The first-order chi connectivity index (χ1) is 7.08. The number of nitrogens with one attached hydrogen (secondary N) is 1. The quantitative estimate of drug-likeness (QED) is 0.439. The molecule has 84 valence electrons. The Bertz CT molecular complexity index is 340. The van der Waals surface area contributed by atoms with Crippen LogP contribution in [0.15, 0.2) is 18.3 Å². The Kier molecular flexibility index (Phi) is 4.05. The highest BCUT2D eigenvalue weighted by Gasteiger charge is 2.15. The van der Waals surface area contributed by atoms with Crippen molar-refractivity contribution in [3.8, 4) is 0 Å². The topological polar surface area (TPSA) is 55.9 Å². The Morgan fingerprint density at radius 2 is 2.40 bits per heavy atom. The van der Waals surface area contributed by atoms with Crippen molar-refractivity contribution < 1.29 is 0 Å². The third-order valence-electron chi connectivity index (χ3n) is 2.62. The summed E-state index contributed by atoms with van der Waals surface area (Å²) >= 11 is 0. The van der Waals surface area contributed by atoms with Crippen LogP contribution < -0.4 is 11.3 Å². The van der Waals surface area contributed by atoms with Crippen LogP contribution in [0, 0.1) is 6.92 Å². The molecule has 0 aromatic carbocycles. The van der Waals surface area contributed by atoms with Gasteiger partial charge in [-0.2, -0.15) is 5.10 Å². The van der Waals surface area contributed by atoms with Gasteiger partial charge in [0.2, 0.25) is 0 Å². The monoisotopic (exact) mass is 208 g/mol. The van der Waals surface area contributed by atoms with Gasteiger partial charge in [-0.15, -0.1) is 0 Å². The molecular formula is C11H20N4. The van der Waals surface area contributed by atoms with Crippen molar-refractivity contribution in [3.05, 3.63) is 29.6 Å². The zero-order chi connectivity index (χ0) is 11.4. The van der Waals surface area contributed by atoms with Crippen LogP contribution in [0.2, 0.25) is 0 Å². The molecule has 1 aromatic heterocycles. The van der Waals surface area contributed by atoms with E-state index in [1.807, 2.05) is 24.9 Å². The predicted octanol–water partition coefficient (Wildman–Crippen LogP) is 1.59. The number of hydrogen-bond donors (Lipinski definition) is 2. The molecule has 1 atom stereocenters. The lowest BCUT2D eigenvalue weighted by molar-refractivity contribution is 0.542. The summed E-state index contributed by atoms with van der Waals surface area (Å²) in [7, 11) is 1.92. The average Bonchev–Trinajstić information content (AvgIpc) is 2.54. The molecule has 0 aliphatic carbocycles. The summed E-state index contributed by atoms with van der Waals surface area (Å²) < 4.78 is 1.81. The second-order valence-corrected chi connectivity index (χ2v) is 3.87. The lowest BCUT2D eigenvalue weighted by atomic mass is 10.00. The first-order valence-electron chi connectivity index (χ1n) is 5.21. The normalized spacial score (nSPS) is 12.8. The van der Waals surface area contributed by atoms with E-state index in [-0.39, 0.29) is 6.04 Å². The van der Waals surface area contributed by atoms with E-state index in [4.69, 9.17) is 5.84 Å². The standard InChI is InChI=1S/C11H20N4/c1-5-8(2)6-11(13-12)10-7-15(4)14-9(10)3/h7,11,13H,2,5-6,12H2,1,3-4H3. The molecule has 0 spiro atoms. The second-order valence-electron chi connectivity index (χ2n) is 3.87. The SMILES string of the molecule is C=C(CC)CC(NN)c1cn(C)nc1C. The molecule has 0 fully saturated rings. The minimum absolute atomic E-state index is 0.117.